The third-order valence-corrected chi connectivity index (χ3v) is 4.08. The molecule has 0 atom stereocenters. The monoisotopic (exact) mass is 297 g/mol. The van der Waals surface area contributed by atoms with Gasteiger partial charge in [-0.1, -0.05) is 6.92 Å². The lowest BCUT2D eigenvalue weighted by molar-refractivity contribution is 0.591. The van der Waals surface area contributed by atoms with E-state index in [9.17, 15) is 0 Å². The van der Waals surface area contributed by atoms with Crippen LogP contribution in [0.15, 0.2) is 18.6 Å². The molecule has 3 rings (SSSR count). The van der Waals surface area contributed by atoms with Crippen LogP contribution in [0.25, 0.3) is 22.4 Å². The average molecular weight is 297 g/mol. The van der Waals surface area contributed by atoms with E-state index in [4.69, 9.17) is 4.98 Å². The fraction of sp³-hybridized carbons (Fsp3) is 0.471. The Kier molecular flexibility index (Phi) is 3.72. The Morgan fingerprint density at radius 1 is 1.23 bits per heavy atom. The van der Waals surface area contributed by atoms with Gasteiger partial charge in [0.2, 0.25) is 0 Å². The molecule has 22 heavy (non-hydrogen) atoms. The van der Waals surface area contributed by atoms with Crippen LogP contribution in [0.5, 0.6) is 0 Å². The number of hydrogen-bond acceptors (Lipinski definition) is 3. The van der Waals surface area contributed by atoms with Gasteiger partial charge in [-0.3, -0.25) is 4.68 Å². The largest absolute Gasteiger partial charge is 0.327 e. The Balaban J connectivity index is 2.19. The van der Waals surface area contributed by atoms with Crippen molar-refractivity contribution in [2.45, 2.75) is 53.6 Å². The third kappa shape index (κ3) is 2.30. The van der Waals surface area contributed by atoms with E-state index in [1.54, 1.807) is 0 Å². The molecule has 0 bridgehead atoms. The molecule has 0 unspecified atom stereocenters. The number of pyridine rings is 1. The van der Waals surface area contributed by atoms with E-state index >= 15 is 0 Å². The fourth-order valence-electron chi connectivity index (χ4n) is 2.97. The SMILES string of the molecule is CCCn1nc2nc(-c3cncn3C(C)C)cc(C)c2c1C. The molecule has 3 aromatic heterocycles. The maximum Gasteiger partial charge on any atom is 0.182 e. The van der Waals surface area contributed by atoms with Gasteiger partial charge >= 0.3 is 0 Å². The van der Waals surface area contributed by atoms with E-state index in [1.807, 2.05) is 12.5 Å². The molecule has 0 saturated heterocycles. The first kappa shape index (κ1) is 14.8. The molecule has 0 aliphatic rings. The zero-order valence-corrected chi connectivity index (χ0v) is 14.0. The van der Waals surface area contributed by atoms with Crippen LogP contribution in [0.1, 0.15) is 44.5 Å². The van der Waals surface area contributed by atoms with Crippen molar-refractivity contribution >= 4 is 11.0 Å². The van der Waals surface area contributed by atoms with E-state index < -0.39 is 0 Å². The summed E-state index contributed by atoms with van der Waals surface area (Å²) in [6, 6.07) is 2.50. The molecule has 0 aliphatic heterocycles. The van der Waals surface area contributed by atoms with Crippen molar-refractivity contribution in [3.63, 3.8) is 0 Å². The van der Waals surface area contributed by atoms with E-state index in [0.29, 0.717) is 6.04 Å². The summed E-state index contributed by atoms with van der Waals surface area (Å²) in [6.45, 7) is 11.7. The van der Waals surface area contributed by atoms with Gasteiger partial charge < -0.3 is 4.57 Å². The second kappa shape index (κ2) is 5.55. The maximum atomic E-state index is 4.79. The number of nitrogens with zero attached hydrogens (tertiary/aromatic N) is 5. The second-order valence-corrected chi connectivity index (χ2v) is 6.11. The average Bonchev–Trinajstić information content (AvgIpc) is 3.05. The summed E-state index contributed by atoms with van der Waals surface area (Å²) in [5, 5.41) is 5.86. The molecule has 5 heteroatoms. The van der Waals surface area contributed by atoms with Crippen LogP contribution in [0, 0.1) is 13.8 Å². The summed E-state index contributed by atoms with van der Waals surface area (Å²) in [5.41, 5.74) is 5.24. The summed E-state index contributed by atoms with van der Waals surface area (Å²) < 4.78 is 4.21. The molecule has 0 aromatic carbocycles. The number of rotatable bonds is 4. The van der Waals surface area contributed by atoms with Crippen LogP contribution in [0.4, 0.5) is 0 Å². The van der Waals surface area contributed by atoms with Gasteiger partial charge in [0.15, 0.2) is 5.65 Å². The lowest BCUT2D eigenvalue weighted by atomic mass is 10.1. The predicted molar refractivity (Wildman–Crippen MR) is 88.9 cm³/mol. The summed E-state index contributed by atoms with van der Waals surface area (Å²) in [4.78, 5) is 9.07. The van der Waals surface area contributed by atoms with E-state index in [2.05, 4.69) is 60.0 Å². The van der Waals surface area contributed by atoms with Crippen LogP contribution in [0.2, 0.25) is 0 Å². The number of aryl methyl sites for hydroxylation is 3. The Morgan fingerprint density at radius 3 is 2.68 bits per heavy atom. The van der Waals surface area contributed by atoms with Crippen molar-refractivity contribution in [3.05, 3.63) is 29.8 Å². The Hall–Kier alpha value is -2.17. The van der Waals surface area contributed by atoms with Crippen LogP contribution in [-0.4, -0.2) is 24.3 Å². The number of aromatic nitrogens is 5. The molecular weight excluding hydrogens is 274 g/mol. The van der Waals surface area contributed by atoms with E-state index in [1.165, 1.54) is 16.6 Å². The van der Waals surface area contributed by atoms with E-state index in [0.717, 1.165) is 30.0 Å². The molecule has 0 amide bonds. The zero-order chi connectivity index (χ0) is 15.9. The third-order valence-electron chi connectivity index (χ3n) is 4.08. The highest BCUT2D eigenvalue weighted by Crippen LogP contribution is 2.27. The Labute approximate surface area is 131 Å². The summed E-state index contributed by atoms with van der Waals surface area (Å²) in [5.74, 6) is 0. The minimum Gasteiger partial charge on any atom is -0.327 e. The zero-order valence-electron chi connectivity index (χ0n) is 14.0. The van der Waals surface area contributed by atoms with Gasteiger partial charge in [-0.05, 0) is 45.7 Å². The van der Waals surface area contributed by atoms with Crippen molar-refractivity contribution in [3.8, 4) is 11.4 Å². The lowest BCUT2D eigenvalue weighted by Crippen LogP contribution is -2.02. The van der Waals surface area contributed by atoms with Crippen molar-refractivity contribution < 1.29 is 0 Å². The van der Waals surface area contributed by atoms with Crippen LogP contribution in [-0.2, 0) is 6.54 Å². The molecule has 0 fully saturated rings. The van der Waals surface area contributed by atoms with Gasteiger partial charge in [0, 0.05) is 23.7 Å². The van der Waals surface area contributed by atoms with Gasteiger partial charge in [-0.15, -0.1) is 0 Å². The predicted octanol–water partition coefficient (Wildman–Crippen LogP) is 3.90. The summed E-state index contributed by atoms with van der Waals surface area (Å²) >= 11 is 0. The molecule has 5 nitrogen and oxygen atoms in total. The standard InChI is InChI=1S/C17H23N5/c1-6-7-22-13(5)16-12(4)8-14(19-17(16)20-22)15-9-18-10-21(15)11(2)3/h8-11H,6-7H2,1-5H3. The van der Waals surface area contributed by atoms with Crippen molar-refractivity contribution in [2.24, 2.45) is 0 Å². The van der Waals surface area contributed by atoms with Crippen LogP contribution >= 0.6 is 0 Å². The number of fused-ring (bicyclic) bond motifs is 1. The molecule has 0 spiro atoms. The molecule has 3 aromatic rings. The first-order chi connectivity index (χ1) is 10.5. The number of hydrogen-bond donors (Lipinski definition) is 0. The van der Waals surface area contributed by atoms with Crippen molar-refractivity contribution in [1.82, 2.24) is 24.3 Å². The topological polar surface area (TPSA) is 48.5 Å². The van der Waals surface area contributed by atoms with Crippen molar-refractivity contribution in [2.75, 3.05) is 0 Å². The minimum absolute atomic E-state index is 0.356. The highest BCUT2D eigenvalue weighted by molar-refractivity contribution is 5.84. The minimum atomic E-state index is 0.356. The normalized spacial score (nSPS) is 11.7. The van der Waals surface area contributed by atoms with Gasteiger partial charge in [-0.2, -0.15) is 5.10 Å². The van der Waals surface area contributed by atoms with Crippen LogP contribution in [0.3, 0.4) is 0 Å². The number of imidazole rings is 1. The van der Waals surface area contributed by atoms with Gasteiger partial charge in [0.1, 0.15) is 0 Å². The first-order valence-corrected chi connectivity index (χ1v) is 7.89. The molecule has 0 aliphatic carbocycles. The van der Waals surface area contributed by atoms with Gasteiger partial charge in [-0.25, -0.2) is 9.97 Å². The maximum absolute atomic E-state index is 4.79. The highest BCUT2D eigenvalue weighted by Gasteiger charge is 2.15. The second-order valence-electron chi connectivity index (χ2n) is 6.11. The molecule has 0 N–H and O–H groups in total. The molecule has 0 radical (unpaired) electrons. The summed E-state index contributed by atoms with van der Waals surface area (Å²) in [6.07, 6.45) is 4.81. The first-order valence-electron chi connectivity index (χ1n) is 7.89. The van der Waals surface area contributed by atoms with Crippen molar-refractivity contribution in [1.29, 1.82) is 0 Å². The summed E-state index contributed by atoms with van der Waals surface area (Å²) in [7, 11) is 0. The van der Waals surface area contributed by atoms with Gasteiger partial charge in [0.05, 0.1) is 23.9 Å². The molecule has 3 heterocycles. The molecule has 0 saturated carbocycles. The Bertz CT molecular complexity index is 810. The molecule has 116 valence electrons. The molecular formula is C17H23N5. The van der Waals surface area contributed by atoms with E-state index in [-0.39, 0.29) is 0 Å². The smallest absolute Gasteiger partial charge is 0.182 e. The quantitative estimate of drug-likeness (QED) is 0.733. The van der Waals surface area contributed by atoms with Gasteiger partial charge in [0.25, 0.3) is 0 Å². The lowest BCUT2D eigenvalue weighted by Gasteiger charge is -2.11. The highest BCUT2D eigenvalue weighted by atomic mass is 15.3. The van der Waals surface area contributed by atoms with Crippen LogP contribution < -0.4 is 0 Å². The fourth-order valence-corrected chi connectivity index (χ4v) is 2.97. The Morgan fingerprint density at radius 2 is 2.00 bits per heavy atom.